The lowest BCUT2D eigenvalue weighted by Gasteiger charge is -2.12. The van der Waals surface area contributed by atoms with Gasteiger partial charge in [-0.3, -0.25) is 5.10 Å². The summed E-state index contributed by atoms with van der Waals surface area (Å²) in [6.45, 7) is 2.63. The zero-order valence-electron chi connectivity index (χ0n) is 7.86. The predicted molar refractivity (Wildman–Crippen MR) is 48.3 cm³/mol. The van der Waals surface area contributed by atoms with Gasteiger partial charge in [0.15, 0.2) is 0 Å². The number of ether oxygens (including phenoxy) is 1. The van der Waals surface area contributed by atoms with Gasteiger partial charge in [-0.1, -0.05) is 0 Å². The lowest BCUT2D eigenvalue weighted by Crippen LogP contribution is -2.13. The van der Waals surface area contributed by atoms with Crippen molar-refractivity contribution in [2.75, 3.05) is 6.61 Å². The molecule has 2 rings (SSSR count). The number of carboxylic acid groups (broad SMARTS) is 1. The Bertz CT molecular complexity index is 348. The molecule has 0 aliphatic carbocycles. The molecule has 1 aliphatic rings. The number of H-pyrrole nitrogens is 1. The monoisotopic (exact) mass is 196 g/mol. The summed E-state index contributed by atoms with van der Waals surface area (Å²) in [5.41, 5.74) is 0.940. The number of rotatable bonds is 2. The van der Waals surface area contributed by atoms with Gasteiger partial charge < -0.3 is 9.84 Å². The van der Waals surface area contributed by atoms with Crippen molar-refractivity contribution in [3.63, 3.8) is 0 Å². The number of aromatic nitrogens is 2. The Labute approximate surface area is 81.1 Å². The van der Waals surface area contributed by atoms with Crippen LogP contribution < -0.4 is 0 Å². The van der Waals surface area contributed by atoms with Crippen molar-refractivity contribution >= 4 is 5.97 Å². The molecule has 5 nitrogen and oxygen atoms in total. The molecule has 1 fully saturated rings. The van der Waals surface area contributed by atoms with Crippen molar-refractivity contribution in [1.82, 2.24) is 10.2 Å². The summed E-state index contributed by atoms with van der Waals surface area (Å²) in [6.07, 6.45) is 2.26. The predicted octanol–water partition coefficient (Wildman–Crippen LogP) is 1.00. The van der Waals surface area contributed by atoms with E-state index in [4.69, 9.17) is 9.84 Å². The molecule has 0 spiro atoms. The summed E-state index contributed by atoms with van der Waals surface area (Å²) < 4.78 is 5.38. The molecule has 2 heterocycles. The highest BCUT2D eigenvalue weighted by Gasteiger charge is 2.30. The van der Waals surface area contributed by atoms with Crippen LogP contribution in [0.5, 0.6) is 0 Å². The number of aromatic amines is 1. The third-order valence-electron chi connectivity index (χ3n) is 2.65. The first-order chi connectivity index (χ1) is 6.70. The summed E-state index contributed by atoms with van der Waals surface area (Å²) in [5.74, 6) is -0.809. The van der Waals surface area contributed by atoms with E-state index >= 15 is 0 Å². The summed E-state index contributed by atoms with van der Waals surface area (Å²) in [5, 5.41) is 15.4. The fraction of sp³-hybridized carbons (Fsp3) is 0.556. The molecule has 0 amide bonds. The first-order valence-electron chi connectivity index (χ1n) is 4.58. The SMILES string of the molecule is CC1OCCC1c1[nH]ncc1C(=O)O. The van der Waals surface area contributed by atoms with E-state index in [-0.39, 0.29) is 17.6 Å². The molecule has 76 valence electrons. The van der Waals surface area contributed by atoms with Gasteiger partial charge in [-0.15, -0.1) is 0 Å². The van der Waals surface area contributed by atoms with Crippen LogP contribution in [0.15, 0.2) is 6.20 Å². The Morgan fingerprint density at radius 3 is 3.14 bits per heavy atom. The number of nitrogens with one attached hydrogen (secondary N) is 1. The van der Waals surface area contributed by atoms with E-state index in [0.29, 0.717) is 12.3 Å². The third-order valence-corrected chi connectivity index (χ3v) is 2.65. The number of carboxylic acids is 1. The molecule has 14 heavy (non-hydrogen) atoms. The molecule has 1 saturated heterocycles. The summed E-state index contributed by atoms with van der Waals surface area (Å²) in [6, 6.07) is 0. The summed E-state index contributed by atoms with van der Waals surface area (Å²) in [4.78, 5) is 10.8. The quantitative estimate of drug-likeness (QED) is 0.739. The van der Waals surface area contributed by atoms with Crippen molar-refractivity contribution in [3.05, 3.63) is 17.5 Å². The normalized spacial score (nSPS) is 26.6. The van der Waals surface area contributed by atoms with E-state index in [1.807, 2.05) is 6.92 Å². The van der Waals surface area contributed by atoms with Crippen molar-refractivity contribution in [1.29, 1.82) is 0 Å². The Morgan fingerprint density at radius 1 is 1.79 bits per heavy atom. The average molecular weight is 196 g/mol. The smallest absolute Gasteiger partial charge is 0.339 e. The second-order valence-electron chi connectivity index (χ2n) is 3.47. The summed E-state index contributed by atoms with van der Waals surface area (Å²) >= 11 is 0. The molecular formula is C9H12N2O3. The lowest BCUT2D eigenvalue weighted by atomic mass is 9.96. The van der Waals surface area contributed by atoms with Crippen LogP contribution in [-0.4, -0.2) is 34.0 Å². The maximum atomic E-state index is 10.8. The van der Waals surface area contributed by atoms with Crippen molar-refractivity contribution in [2.24, 2.45) is 0 Å². The van der Waals surface area contributed by atoms with Gasteiger partial charge in [-0.25, -0.2) is 4.79 Å². The van der Waals surface area contributed by atoms with E-state index in [2.05, 4.69) is 10.2 Å². The van der Waals surface area contributed by atoms with E-state index in [0.717, 1.165) is 6.42 Å². The Balaban J connectivity index is 2.31. The van der Waals surface area contributed by atoms with Crippen LogP contribution in [0.3, 0.4) is 0 Å². The van der Waals surface area contributed by atoms with E-state index in [9.17, 15) is 4.79 Å². The van der Waals surface area contributed by atoms with Gasteiger partial charge in [-0.2, -0.15) is 5.10 Å². The number of hydrogen-bond acceptors (Lipinski definition) is 3. The minimum absolute atomic E-state index is 0.0635. The third kappa shape index (κ3) is 1.39. The van der Waals surface area contributed by atoms with E-state index in [1.54, 1.807) is 0 Å². The molecule has 5 heteroatoms. The molecule has 0 bridgehead atoms. The van der Waals surface area contributed by atoms with Crippen LogP contribution in [0.2, 0.25) is 0 Å². The van der Waals surface area contributed by atoms with Crippen molar-refractivity contribution in [3.8, 4) is 0 Å². The second-order valence-corrected chi connectivity index (χ2v) is 3.47. The number of carbonyl (C=O) groups is 1. The molecule has 2 unspecified atom stereocenters. The molecule has 1 aliphatic heterocycles. The minimum atomic E-state index is -0.937. The topological polar surface area (TPSA) is 75.2 Å². The van der Waals surface area contributed by atoms with Gasteiger partial charge in [0, 0.05) is 12.5 Å². The highest BCUT2D eigenvalue weighted by atomic mass is 16.5. The largest absolute Gasteiger partial charge is 0.478 e. The standard InChI is InChI=1S/C9H12N2O3/c1-5-6(2-3-14-5)8-7(9(12)13)4-10-11-8/h4-6H,2-3H2,1H3,(H,10,11)(H,12,13). The average Bonchev–Trinajstić information content (AvgIpc) is 2.70. The van der Waals surface area contributed by atoms with Gasteiger partial charge in [0.25, 0.3) is 0 Å². The fourth-order valence-corrected chi connectivity index (χ4v) is 1.86. The van der Waals surface area contributed by atoms with Crippen LogP contribution in [0.1, 0.15) is 35.3 Å². The number of hydrogen-bond donors (Lipinski definition) is 2. The van der Waals surface area contributed by atoms with Gasteiger partial charge in [-0.05, 0) is 13.3 Å². The molecular weight excluding hydrogens is 184 g/mol. The Hall–Kier alpha value is -1.36. The van der Waals surface area contributed by atoms with Crippen molar-refractivity contribution < 1.29 is 14.6 Å². The Kier molecular flexibility index (Phi) is 2.25. The zero-order chi connectivity index (χ0) is 10.1. The fourth-order valence-electron chi connectivity index (χ4n) is 1.86. The van der Waals surface area contributed by atoms with Gasteiger partial charge in [0.1, 0.15) is 5.56 Å². The number of nitrogens with zero attached hydrogens (tertiary/aromatic N) is 1. The minimum Gasteiger partial charge on any atom is -0.478 e. The van der Waals surface area contributed by atoms with Crippen molar-refractivity contribution in [2.45, 2.75) is 25.4 Å². The molecule has 0 saturated carbocycles. The number of aromatic carboxylic acids is 1. The molecule has 0 radical (unpaired) electrons. The maximum Gasteiger partial charge on any atom is 0.339 e. The molecule has 0 aromatic carbocycles. The maximum absolute atomic E-state index is 10.8. The van der Waals surface area contributed by atoms with Gasteiger partial charge >= 0.3 is 5.97 Å². The van der Waals surface area contributed by atoms with Crippen LogP contribution >= 0.6 is 0 Å². The first-order valence-corrected chi connectivity index (χ1v) is 4.58. The van der Waals surface area contributed by atoms with Crippen LogP contribution in [-0.2, 0) is 4.74 Å². The lowest BCUT2D eigenvalue weighted by molar-refractivity contribution is 0.0694. The van der Waals surface area contributed by atoms with Gasteiger partial charge in [0.05, 0.1) is 18.0 Å². The van der Waals surface area contributed by atoms with E-state index < -0.39 is 5.97 Å². The molecule has 1 aromatic heterocycles. The van der Waals surface area contributed by atoms with Crippen LogP contribution in [0, 0.1) is 0 Å². The first kappa shape index (κ1) is 9.21. The highest BCUT2D eigenvalue weighted by Crippen LogP contribution is 2.31. The summed E-state index contributed by atoms with van der Waals surface area (Å²) in [7, 11) is 0. The Morgan fingerprint density at radius 2 is 2.57 bits per heavy atom. The second kappa shape index (κ2) is 3.42. The van der Waals surface area contributed by atoms with Crippen LogP contribution in [0.25, 0.3) is 0 Å². The van der Waals surface area contributed by atoms with Crippen LogP contribution in [0.4, 0.5) is 0 Å². The molecule has 1 aromatic rings. The molecule has 2 N–H and O–H groups in total. The van der Waals surface area contributed by atoms with Gasteiger partial charge in [0.2, 0.25) is 0 Å². The van der Waals surface area contributed by atoms with E-state index in [1.165, 1.54) is 6.20 Å². The zero-order valence-corrected chi connectivity index (χ0v) is 7.86. The highest BCUT2D eigenvalue weighted by molar-refractivity contribution is 5.88. The molecule has 2 atom stereocenters.